The predicted molar refractivity (Wildman–Crippen MR) is 47.2 cm³/mol. The predicted octanol–water partition coefficient (Wildman–Crippen LogP) is 0.181. The van der Waals surface area contributed by atoms with Gasteiger partial charge in [0.2, 0.25) is 0 Å². The number of nitrogens with two attached hydrogens (primary N) is 2. The van der Waals surface area contributed by atoms with E-state index in [1.165, 1.54) is 0 Å². The first-order valence-electron chi connectivity index (χ1n) is 3.52. The number of benzene rings is 1. The summed E-state index contributed by atoms with van der Waals surface area (Å²) in [5.74, 6) is 4.59. The van der Waals surface area contributed by atoms with Gasteiger partial charge < -0.3 is 5.73 Å². The normalized spacial score (nSPS) is 9.50. The van der Waals surface area contributed by atoms with Gasteiger partial charge in [0.25, 0.3) is 5.91 Å². The van der Waals surface area contributed by atoms with Gasteiger partial charge in [-0.15, -0.1) is 0 Å². The molecule has 1 aromatic carbocycles. The van der Waals surface area contributed by atoms with Gasteiger partial charge in [-0.25, -0.2) is 5.84 Å². The van der Waals surface area contributed by atoms with Crippen molar-refractivity contribution in [1.29, 1.82) is 0 Å². The maximum absolute atomic E-state index is 11.0. The quantitative estimate of drug-likeness (QED) is 0.240. The van der Waals surface area contributed by atoms with Crippen molar-refractivity contribution >= 4 is 11.6 Å². The molecule has 0 bridgehead atoms. The lowest BCUT2D eigenvalue weighted by Crippen LogP contribution is -2.30. The number of hydrogen-bond acceptors (Lipinski definition) is 3. The second-order valence-electron chi connectivity index (χ2n) is 2.56. The van der Waals surface area contributed by atoms with Gasteiger partial charge in [0.1, 0.15) is 0 Å². The van der Waals surface area contributed by atoms with E-state index >= 15 is 0 Å². The van der Waals surface area contributed by atoms with Crippen molar-refractivity contribution in [3.05, 3.63) is 29.3 Å². The molecule has 0 saturated carbocycles. The third-order valence-electron chi connectivity index (χ3n) is 1.58. The molecule has 4 heteroatoms. The molecule has 0 spiro atoms. The fraction of sp³-hybridized carbons (Fsp3) is 0.125. The lowest BCUT2D eigenvalue weighted by atomic mass is 10.1. The molecule has 0 atom stereocenters. The van der Waals surface area contributed by atoms with Crippen molar-refractivity contribution in [2.24, 2.45) is 5.84 Å². The standard InChI is InChI=1S/C8H11N3O/c1-5-2-3-6(7(9)4-5)8(12)11-10/h2-4H,9-10H2,1H3,(H,11,12). The minimum absolute atomic E-state index is 0.368. The summed E-state index contributed by atoms with van der Waals surface area (Å²) in [6.45, 7) is 1.90. The highest BCUT2D eigenvalue weighted by Crippen LogP contribution is 2.12. The SMILES string of the molecule is Cc1ccc(C(=O)NN)c(N)c1. The molecular formula is C8H11N3O. The largest absolute Gasteiger partial charge is 0.398 e. The van der Waals surface area contributed by atoms with Crippen LogP contribution < -0.4 is 17.0 Å². The first-order valence-corrected chi connectivity index (χ1v) is 3.52. The molecule has 0 unspecified atom stereocenters. The number of nitrogen functional groups attached to an aromatic ring is 2. The number of carbonyl (C=O) groups excluding carboxylic acids is 1. The van der Waals surface area contributed by atoms with Crippen LogP contribution in [0.3, 0.4) is 0 Å². The van der Waals surface area contributed by atoms with E-state index in [4.69, 9.17) is 11.6 Å². The smallest absolute Gasteiger partial charge is 0.267 e. The van der Waals surface area contributed by atoms with Crippen molar-refractivity contribution in [1.82, 2.24) is 5.43 Å². The number of rotatable bonds is 1. The number of hydrazine groups is 1. The minimum atomic E-state index is -0.368. The maximum atomic E-state index is 11.0. The van der Waals surface area contributed by atoms with Crippen molar-refractivity contribution in [3.63, 3.8) is 0 Å². The number of amides is 1. The molecule has 0 aliphatic heterocycles. The van der Waals surface area contributed by atoms with Crippen LogP contribution >= 0.6 is 0 Å². The van der Waals surface area contributed by atoms with Crippen molar-refractivity contribution in [3.8, 4) is 0 Å². The van der Waals surface area contributed by atoms with Crippen LogP contribution in [-0.2, 0) is 0 Å². The lowest BCUT2D eigenvalue weighted by molar-refractivity contribution is 0.0954. The number of carbonyl (C=O) groups is 1. The number of nitrogens with one attached hydrogen (secondary N) is 1. The van der Waals surface area contributed by atoms with E-state index in [1.54, 1.807) is 18.2 Å². The second kappa shape index (κ2) is 3.23. The second-order valence-corrected chi connectivity index (χ2v) is 2.56. The van der Waals surface area contributed by atoms with E-state index in [1.807, 2.05) is 12.3 Å². The molecular weight excluding hydrogens is 154 g/mol. The molecule has 1 rings (SSSR count). The van der Waals surface area contributed by atoms with Crippen LogP contribution in [0.25, 0.3) is 0 Å². The Bertz CT molecular complexity index is 309. The molecule has 4 nitrogen and oxygen atoms in total. The van der Waals surface area contributed by atoms with Gasteiger partial charge in [-0.2, -0.15) is 0 Å². The van der Waals surface area contributed by atoms with Gasteiger partial charge in [0.15, 0.2) is 0 Å². The van der Waals surface area contributed by atoms with Crippen LogP contribution in [0.4, 0.5) is 5.69 Å². The molecule has 0 fully saturated rings. The average Bonchev–Trinajstić information content (AvgIpc) is 2.03. The van der Waals surface area contributed by atoms with Gasteiger partial charge in [0, 0.05) is 5.69 Å². The average molecular weight is 165 g/mol. The third kappa shape index (κ3) is 1.54. The topological polar surface area (TPSA) is 81.1 Å². The Morgan fingerprint density at radius 1 is 1.50 bits per heavy atom. The molecule has 1 aromatic rings. The van der Waals surface area contributed by atoms with Crippen LogP contribution in [0, 0.1) is 6.92 Å². The number of hydrogen-bond donors (Lipinski definition) is 3. The van der Waals surface area contributed by atoms with Crippen molar-refractivity contribution < 1.29 is 4.79 Å². The van der Waals surface area contributed by atoms with E-state index in [2.05, 4.69) is 0 Å². The van der Waals surface area contributed by atoms with Gasteiger partial charge in [-0.1, -0.05) is 6.07 Å². The highest BCUT2D eigenvalue weighted by atomic mass is 16.2. The van der Waals surface area contributed by atoms with Gasteiger partial charge in [-0.3, -0.25) is 10.2 Å². The molecule has 0 aromatic heterocycles. The molecule has 12 heavy (non-hydrogen) atoms. The fourth-order valence-electron chi connectivity index (χ4n) is 0.967. The van der Waals surface area contributed by atoms with E-state index in [-0.39, 0.29) is 5.91 Å². The maximum Gasteiger partial charge on any atom is 0.267 e. The fourth-order valence-corrected chi connectivity index (χ4v) is 0.967. The molecule has 64 valence electrons. The van der Waals surface area contributed by atoms with E-state index < -0.39 is 0 Å². The molecule has 1 amide bonds. The monoisotopic (exact) mass is 165 g/mol. The lowest BCUT2D eigenvalue weighted by Gasteiger charge is -2.03. The molecule has 0 radical (unpaired) electrons. The van der Waals surface area contributed by atoms with Gasteiger partial charge in [0.05, 0.1) is 5.56 Å². The Balaban J connectivity index is 3.09. The van der Waals surface area contributed by atoms with Crippen molar-refractivity contribution in [2.75, 3.05) is 5.73 Å². The third-order valence-corrected chi connectivity index (χ3v) is 1.58. The Morgan fingerprint density at radius 3 is 2.67 bits per heavy atom. The zero-order valence-corrected chi connectivity index (χ0v) is 6.79. The van der Waals surface area contributed by atoms with E-state index in [9.17, 15) is 4.79 Å². The number of anilines is 1. The van der Waals surface area contributed by atoms with Crippen LogP contribution in [-0.4, -0.2) is 5.91 Å². The highest BCUT2D eigenvalue weighted by molar-refractivity contribution is 5.98. The first kappa shape index (κ1) is 8.55. The summed E-state index contributed by atoms with van der Waals surface area (Å²) in [7, 11) is 0. The highest BCUT2D eigenvalue weighted by Gasteiger charge is 2.06. The summed E-state index contributed by atoms with van der Waals surface area (Å²) in [5.41, 5.74) is 9.47. The Morgan fingerprint density at radius 2 is 2.17 bits per heavy atom. The first-order chi connectivity index (χ1) is 5.65. The van der Waals surface area contributed by atoms with E-state index in [0.29, 0.717) is 11.3 Å². The Hall–Kier alpha value is -1.55. The number of aryl methyl sites for hydroxylation is 1. The van der Waals surface area contributed by atoms with Crippen LogP contribution in [0.15, 0.2) is 18.2 Å². The summed E-state index contributed by atoms with van der Waals surface area (Å²) < 4.78 is 0. The summed E-state index contributed by atoms with van der Waals surface area (Å²) in [5, 5.41) is 0. The van der Waals surface area contributed by atoms with Crippen molar-refractivity contribution in [2.45, 2.75) is 6.92 Å². The molecule has 0 aliphatic rings. The van der Waals surface area contributed by atoms with Gasteiger partial charge >= 0.3 is 0 Å². The van der Waals surface area contributed by atoms with E-state index in [0.717, 1.165) is 5.56 Å². The Labute approximate surface area is 70.5 Å². The molecule has 0 saturated heterocycles. The molecule has 5 N–H and O–H groups in total. The van der Waals surface area contributed by atoms with Crippen LogP contribution in [0.1, 0.15) is 15.9 Å². The molecule has 0 heterocycles. The zero-order chi connectivity index (χ0) is 9.14. The Kier molecular flexibility index (Phi) is 2.30. The molecule has 0 aliphatic carbocycles. The summed E-state index contributed by atoms with van der Waals surface area (Å²) in [6, 6.07) is 5.18. The zero-order valence-electron chi connectivity index (χ0n) is 6.79. The van der Waals surface area contributed by atoms with Gasteiger partial charge in [-0.05, 0) is 24.6 Å². The summed E-state index contributed by atoms with van der Waals surface area (Å²) in [6.07, 6.45) is 0. The minimum Gasteiger partial charge on any atom is -0.398 e. The van der Waals surface area contributed by atoms with Crippen LogP contribution in [0.2, 0.25) is 0 Å². The summed E-state index contributed by atoms with van der Waals surface area (Å²) in [4.78, 5) is 11.0. The summed E-state index contributed by atoms with van der Waals surface area (Å²) >= 11 is 0. The van der Waals surface area contributed by atoms with Crippen LogP contribution in [0.5, 0.6) is 0 Å².